The number of ether oxygens (including phenoxy) is 1. The van der Waals surface area contributed by atoms with Crippen molar-refractivity contribution in [3.05, 3.63) is 27.5 Å². The molecule has 2 aliphatic rings. The van der Waals surface area contributed by atoms with Gasteiger partial charge in [0.25, 0.3) is 0 Å². The van der Waals surface area contributed by atoms with Crippen molar-refractivity contribution >= 4 is 27.5 Å². The molecule has 1 aliphatic heterocycles. The van der Waals surface area contributed by atoms with Crippen LogP contribution in [0.15, 0.2) is 16.7 Å². The van der Waals surface area contributed by atoms with Crippen molar-refractivity contribution in [1.29, 1.82) is 0 Å². The molecule has 3 rings (SSSR count). The topological polar surface area (TPSA) is 54.4 Å². The van der Waals surface area contributed by atoms with Gasteiger partial charge in [0.1, 0.15) is 5.60 Å². The third-order valence-electron chi connectivity index (χ3n) is 4.44. The molecule has 2 unspecified atom stereocenters. The van der Waals surface area contributed by atoms with Crippen LogP contribution in [-0.4, -0.2) is 34.9 Å². The van der Waals surface area contributed by atoms with Crippen molar-refractivity contribution in [2.45, 2.75) is 43.9 Å². The number of hydrogen-bond acceptors (Lipinski definition) is 4. The molecule has 2 fully saturated rings. The minimum absolute atomic E-state index is 0.0797. The summed E-state index contributed by atoms with van der Waals surface area (Å²) in [6, 6.07) is 2.04. The molecule has 21 heavy (non-hydrogen) atoms. The summed E-state index contributed by atoms with van der Waals surface area (Å²) < 4.78 is 6.83. The molecule has 2 heterocycles. The maximum atomic E-state index is 9.84. The lowest BCUT2D eigenvalue weighted by Gasteiger charge is -2.36. The zero-order valence-corrected chi connectivity index (χ0v) is 14.2. The first kappa shape index (κ1) is 15.7. The maximum Gasteiger partial charge on any atom is 0.107 e. The van der Waals surface area contributed by atoms with E-state index < -0.39 is 5.60 Å². The van der Waals surface area contributed by atoms with Gasteiger partial charge in [0.15, 0.2) is 0 Å². The summed E-state index contributed by atoms with van der Waals surface area (Å²) in [5.41, 5.74) is 0.510. The van der Waals surface area contributed by atoms with Gasteiger partial charge in [-0.05, 0) is 53.6 Å². The number of rotatable bonds is 6. The van der Waals surface area contributed by atoms with E-state index in [-0.39, 0.29) is 12.6 Å². The smallest absolute Gasteiger partial charge is 0.107 e. The third kappa shape index (κ3) is 3.42. The summed E-state index contributed by atoms with van der Waals surface area (Å²) in [4.78, 5) is 4.36. The number of aliphatic hydroxyl groups is 1. The van der Waals surface area contributed by atoms with E-state index in [9.17, 15) is 5.11 Å². The molecule has 0 bridgehead atoms. The Hall–Kier alpha value is -0.200. The van der Waals surface area contributed by atoms with Crippen molar-refractivity contribution in [2.75, 3.05) is 13.2 Å². The Labute approximate surface area is 138 Å². The highest BCUT2D eigenvalue weighted by atomic mass is 79.9. The van der Waals surface area contributed by atoms with Crippen LogP contribution in [-0.2, 0) is 11.3 Å². The van der Waals surface area contributed by atoms with E-state index in [2.05, 4.69) is 26.2 Å². The predicted molar refractivity (Wildman–Crippen MR) is 85.3 cm³/mol. The summed E-state index contributed by atoms with van der Waals surface area (Å²) in [5, 5.41) is 14.0. The molecule has 1 saturated carbocycles. The van der Waals surface area contributed by atoms with Crippen molar-refractivity contribution in [2.24, 2.45) is 5.92 Å². The van der Waals surface area contributed by atoms with Crippen molar-refractivity contribution < 1.29 is 9.84 Å². The second kappa shape index (κ2) is 6.50. The van der Waals surface area contributed by atoms with E-state index in [1.807, 2.05) is 6.07 Å². The molecule has 6 heteroatoms. The Kier molecular flexibility index (Phi) is 4.86. The quantitative estimate of drug-likeness (QED) is 0.803. The number of halogens is 2. The van der Waals surface area contributed by atoms with Crippen molar-refractivity contribution in [3.8, 4) is 0 Å². The van der Waals surface area contributed by atoms with Gasteiger partial charge >= 0.3 is 0 Å². The molecule has 116 valence electrons. The summed E-state index contributed by atoms with van der Waals surface area (Å²) in [5.74, 6) is 0.598. The zero-order valence-electron chi connectivity index (χ0n) is 11.8. The summed E-state index contributed by atoms with van der Waals surface area (Å²) in [6.07, 6.45) is 6.01. The molecule has 1 aromatic rings. The summed E-state index contributed by atoms with van der Waals surface area (Å²) in [6.45, 7) is 1.47. The van der Waals surface area contributed by atoms with Gasteiger partial charge < -0.3 is 15.2 Å². The van der Waals surface area contributed by atoms with Crippen molar-refractivity contribution in [1.82, 2.24) is 10.3 Å². The number of aromatic nitrogens is 1. The molecule has 1 aromatic heterocycles. The fraction of sp³-hybridized carbons (Fsp3) is 0.667. The van der Waals surface area contributed by atoms with Crippen LogP contribution in [0.2, 0.25) is 5.02 Å². The van der Waals surface area contributed by atoms with Crippen LogP contribution >= 0.6 is 27.5 Å². The van der Waals surface area contributed by atoms with Crippen molar-refractivity contribution in [3.63, 3.8) is 0 Å². The molecule has 2 N–H and O–H groups in total. The number of nitrogens with zero attached hydrogens (tertiary/aromatic N) is 1. The van der Waals surface area contributed by atoms with Gasteiger partial charge in [0.2, 0.25) is 0 Å². The van der Waals surface area contributed by atoms with Crippen LogP contribution in [0.5, 0.6) is 0 Å². The first-order chi connectivity index (χ1) is 10.1. The second-order valence-corrected chi connectivity index (χ2v) is 7.24. The highest BCUT2D eigenvalue weighted by molar-refractivity contribution is 9.10. The minimum Gasteiger partial charge on any atom is -0.393 e. The predicted octanol–water partition coefficient (Wildman–Crippen LogP) is 2.91. The van der Waals surface area contributed by atoms with Crippen LogP contribution in [0.3, 0.4) is 0 Å². The SMILES string of the molecule is OCC1(C(NCc2ncc(Cl)cc2Br)C2CC2)CCCO1. The molecule has 4 nitrogen and oxygen atoms in total. The molecular weight excluding hydrogens is 356 g/mol. The molecule has 0 amide bonds. The fourth-order valence-corrected chi connectivity index (χ4v) is 3.96. The second-order valence-electron chi connectivity index (χ2n) is 5.95. The number of aliphatic hydroxyl groups excluding tert-OH is 1. The summed E-state index contributed by atoms with van der Waals surface area (Å²) in [7, 11) is 0. The van der Waals surface area contributed by atoms with Gasteiger partial charge in [0.05, 0.1) is 17.3 Å². The number of pyridine rings is 1. The van der Waals surface area contributed by atoms with Gasteiger partial charge in [-0.3, -0.25) is 4.98 Å². The van der Waals surface area contributed by atoms with Crippen LogP contribution in [0.25, 0.3) is 0 Å². The Morgan fingerprint density at radius 3 is 2.95 bits per heavy atom. The lowest BCUT2D eigenvalue weighted by atomic mass is 9.88. The summed E-state index contributed by atoms with van der Waals surface area (Å²) >= 11 is 9.42. The van der Waals surface area contributed by atoms with E-state index in [1.54, 1.807) is 6.20 Å². The molecular formula is C15H20BrClN2O2. The maximum absolute atomic E-state index is 9.84. The van der Waals surface area contributed by atoms with E-state index in [1.165, 1.54) is 12.8 Å². The fourth-order valence-electron chi connectivity index (χ4n) is 3.18. The Morgan fingerprint density at radius 1 is 1.57 bits per heavy atom. The number of nitrogens with one attached hydrogen (secondary N) is 1. The Balaban J connectivity index is 1.71. The van der Waals surface area contributed by atoms with Crippen LogP contribution in [0.4, 0.5) is 0 Å². The van der Waals surface area contributed by atoms with Gasteiger partial charge in [0, 0.05) is 29.9 Å². The lowest BCUT2D eigenvalue weighted by Crippen LogP contribution is -2.54. The molecule has 0 radical (unpaired) electrons. The third-order valence-corrected chi connectivity index (χ3v) is 5.33. The number of hydrogen-bond donors (Lipinski definition) is 2. The van der Waals surface area contributed by atoms with Gasteiger partial charge in [-0.2, -0.15) is 0 Å². The van der Waals surface area contributed by atoms with Gasteiger partial charge in [-0.1, -0.05) is 11.6 Å². The van der Waals surface area contributed by atoms with Crippen LogP contribution < -0.4 is 5.32 Å². The molecule has 2 atom stereocenters. The standard InChI is InChI=1S/C15H20BrClN2O2/c16-12-6-11(17)7-18-13(12)8-19-14(10-2-3-10)15(9-20)4-1-5-21-15/h6-7,10,14,19-20H,1-5,8-9H2. The molecule has 1 aliphatic carbocycles. The zero-order chi connectivity index (χ0) is 14.9. The van der Waals surface area contributed by atoms with Crippen LogP contribution in [0, 0.1) is 5.92 Å². The first-order valence-corrected chi connectivity index (χ1v) is 8.60. The van der Waals surface area contributed by atoms with Crippen LogP contribution in [0.1, 0.15) is 31.4 Å². The Bertz CT molecular complexity index is 504. The van der Waals surface area contributed by atoms with Gasteiger partial charge in [-0.15, -0.1) is 0 Å². The average molecular weight is 376 g/mol. The monoisotopic (exact) mass is 374 g/mol. The normalized spacial score (nSPS) is 27.0. The first-order valence-electron chi connectivity index (χ1n) is 7.43. The Morgan fingerprint density at radius 2 is 2.38 bits per heavy atom. The van der Waals surface area contributed by atoms with E-state index in [4.69, 9.17) is 16.3 Å². The highest BCUT2D eigenvalue weighted by Crippen LogP contribution is 2.42. The molecule has 1 saturated heterocycles. The van der Waals surface area contributed by atoms with E-state index in [0.29, 0.717) is 17.5 Å². The molecule has 0 spiro atoms. The molecule has 0 aromatic carbocycles. The van der Waals surface area contributed by atoms with E-state index >= 15 is 0 Å². The average Bonchev–Trinajstić information content (AvgIpc) is 3.18. The highest BCUT2D eigenvalue weighted by Gasteiger charge is 2.48. The van der Waals surface area contributed by atoms with Gasteiger partial charge in [-0.25, -0.2) is 0 Å². The van der Waals surface area contributed by atoms with E-state index in [0.717, 1.165) is 29.6 Å². The largest absolute Gasteiger partial charge is 0.393 e. The lowest BCUT2D eigenvalue weighted by molar-refractivity contribution is -0.0698. The minimum atomic E-state index is -0.417.